The first kappa shape index (κ1) is 29.5. The van der Waals surface area contributed by atoms with Crippen molar-refractivity contribution in [3.8, 4) is 11.5 Å². The Kier molecular flexibility index (Phi) is 8.79. The minimum atomic E-state index is -0.589. The lowest BCUT2D eigenvalue weighted by molar-refractivity contribution is -0.386. The highest BCUT2D eigenvalue weighted by Gasteiger charge is 2.20. The van der Waals surface area contributed by atoms with Crippen LogP contribution in [0.5, 0.6) is 11.5 Å². The summed E-state index contributed by atoms with van der Waals surface area (Å²) in [6.07, 6.45) is 0.485. The molecule has 0 unspecified atom stereocenters. The molecule has 0 spiro atoms. The van der Waals surface area contributed by atoms with Crippen molar-refractivity contribution in [2.24, 2.45) is 0 Å². The van der Waals surface area contributed by atoms with Crippen LogP contribution in [0.2, 0.25) is 0 Å². The molecular formula is C36H28N2O6S. The maximum atomic E-state index is 13.1. The van der Waals surface area contributed by atoms with Crippen molar-refractivity contribution >= 4 is 48.9 Å². The van der Waals surface area contributed by atoms with Crippen LogP contribution in [-0.4, -0.2) is 29.8 Å². The molecule has 0 aliphatic rings. The molecule has 45 heavy (non-hydrogen) atoms. The molecular weight excluding hydrogens is 588 g/mol. The van der Waals surface area contributed by atoms with E-state index in [-0.39, 0.29) is 30.2 Å². The molecule has 0 atom stereocenters. The van der Waals surface area contributed by atoms with Gasteiger partial charge in [-0.05, 0) is 53.6 Å². The molecule has 1 N–H and O–H groups in total. The number of amides is 1. The molecule has 1 aromatic heterocycles. The first-order chi connectivity index (χ1) is 22.0. The number of carbonyl (C=O) groups is 2. The van der Waals surface area contributed by atoms with E-state index in [0.717, 1.165) is 21.6 Å². The molecule has 1 amide bonds. The van der Waals surface area contributed by atoms with Gasteiger partial charge in [0.25, 0.3) is 5.91 Å². The molecule has 0 bridgehead atoms. The molecule has 5 aromatic carbocycles. The molecule has 9 heteroatoms. The van der Waals surface area contributed by atoms with Gasteiger partial charge in [-0.25, -0.2) is 0 Å². The van der Waals surface area contributed by atoms with Crippen LogP contribution in [0.25, 0.3) is 20.2 Å². The number of hydrogen-bond donors (Lipinski definition) is 1. The first-order valence-electron chi connectivity index (χ1n) is 14.3. The smallest absolute Gasteiger partial charge is 0.311 e. The number of nitro groups is 1. The number of rotatable bonds is 12. The van der Waals surface area contributed by atoms with Crippen LogP contribution in [0.4, 0.5) is 5.69 Å². The van der Waals surface area contributed by atoms with Crippen LogP contribution in [0.15, 0.2) is 115 Å². The third kappa shape index (κ3) is 6.84. The Morgan fingerprint density at radius 1 is 0.778 bits per heavy atom. The summed E-state index contributed by atoms with van der Waals surface area (Å²) in [5.74, 6) is -0.0575. The van der Waals surface area contributed by atoms with Gasteiger partial charge >= 0.3 is 5.69 Å². The normalized spacial score (nSPS) is 10.9. The second kappa shape index (κ2) is 13.4. The second-order valence-corrected chi connectivity index (χ2v) is 11.4. The molecule has 0 saturated heterocycles. The van der Waals surface area contributed by atoms with E-state index in [2.05, 4.69) is 23.5 Å². The highest BCUT2D eigenvalue weighted by molar-refractivity contribution is 7.25. The summed E-state index contributed by atoms with van der Waals surface area (Å²) in [5.41, 5.74) is 1.85. The number of fused-ring (bicyclic) bond motifs is 3. The number of nitro benzene ring substituents is 1. The van der Waals surface area contributed by atoms with Gasteiger partial charge in [-0.3, -0.25) is 19.7 Å². The second-order valence-electron chi connectivity index (χ2n) is 10.3. The largest absolute Gasteiger partial charge is 0.493 e. The van der Waals surface area contributed by atoms with E-state index >= 15 is 0 Å². The van der Waals surface area contributed by atoms with Gasteiger partial charge in [-0.1, -0.05) is 66.7 Å². The summed E-state index contributed by atoms with van der Waals surface area (Å²) < 4.78 is 14.1. The summed E-state index contributed by atoms with van der Waals surface area (Å²) in [6.45, 7) is 0.193. The summed E-state index contributed by atoms with van der Waals surface area (Å²) in [4.78, 5) is 37.1. The highest BCUT2D eigenvalue weighted by atomic mass is 32.1. The van der Waals surface area contributed by atoms with Gasteiger partial charge in [0.15, 0.2) is 11.5 Å². The molecule has 0 aliphatic heterocycles. The van der Waals surface area contributed by atoms with Gasteiger partial charge in [0.05, 0.1) is 18.1 Å². The Morgan fingerprint density at radius 3 is 2.38 bits per heavy atom. The van der Waals surface area contributed by atoms with Gasteiger partial charge in [0, 0.05) is 43.8 Å². The number of ketones is 1. The monoisotopic (exact) mass is 616 g/mol. The van der Waals surface area contributed by atoms with Crippen LogP contribution in [0, 0.1) is 10.1 Å². The summed E-state index contributed by atoms with van der Waals surface area (Å²) in [6, 6.07) is 34.8. The molecule has 0 saturated carbocycles. The highest BCUT2D eigenvalue weighted by Crippen LogP contribution is 2.35. The van der Waals surface area contributed by atoms with Crippen LogP contribution in [-0.2, 0) is 13.0 Å². The molecule has 0 aliphatic carbocycles. The lowest BCUT2D eigenvalue weighted by atomic mass is 10.0. The summed E-state index contributed by atoms with van der Waals surface area (Å²) in [7, 11) is 0. The van der Waals surface area contributed by atoms with E-state index in [4.69, 9.17) is 9.47 Å². The van der Waals surface area contributed by atoms with Crippen molar-refractivity contribution in [1.82, 2.24) is 5.32 Å². The SMILES string of the molecule is O=C(CNC(=O)c1ccccc1CCOc1ccc2c(c1)sc1ccccc12)c1ccc(OCc2ccccc2)c([N+](=O)[O-])c1. The van der Waals surface area contributed by atoms with Gasteiger partial charge < -0.3 is 14.8 Å². The number of thiophene rings is 1. The molecule has 6 aromatic rings. The van der Waals surface area contributed by atoms with E-state index < -0.39 is 16.6 Å². The van der Waals surface area contributed by atoms with Crippen molar-refractivity contribution < 1.29 is 24.0 Å². The summed E-state index contributed by atoms with van der Waals surface area (Å²) >= 11 is 1.72. The predicted molar refractivity (Wildman–Crippen MR) is 176 cm³/mol. The first-order valence-corrected chi connectivity index (χ1v) is 15.2. The Labute approximate surface area is 263 Å². The molecule has 0 fully saturated rings. The number of nitrogens with zero attached hydrogens (tertiary/aromatic N) is 1. The zero-order chi connectivity index (χ0) is 31.2. The van der Waals surface area contributed by atoms with Gasteiger partial charge in [-0.2, -0.15) is 0 Å². The number of benzene rings is 5. The van der Waals surface area contributed by atoms with Crippen molar-refractivity contribution in [3.05, 3.63) is 148 Å². The summed E-state index contributed by atoms with van der Waals surface area (Å²) in [5, 5.41) is 16.8. The number of ether oxygens (including phenoxy) is 2. The number of Topliss-reactive ketones (excluding diaryl/α,β-unsaturated/α-hetero) is 1. The maximum Gasteiger partial charge on any atom is 0.311 e. The Morgan fingerprint density at radius 2 is 1.53 bits per heavy atom. The van der Waals surface area contributed by atoms with Crippen molar-refractivity contribution in [1.29, 1.82) is 0 Å². The van der Waals surface area contributed by atoms with E-state index in [1.807, 2.05) is 66.7 Å². The minimum Gasteiger partial charge on any atom is -0.493 e. The van der Waals surface area contributed by atoms with Crippen LogP contribution < -0.4 is 14.8 Å². The average molecular weight is 617 g/mol. The Bertz CT molecular complexity index is 2020. The zero-order valence-electron chi connectivity index (χ0n) is 24.1. The van der Waals surface area contributed by atoms with E-state index in [1.165, 1.54) is 33.7 Å². The fourth-order valence-corrected chi connectivity index (χ4v) is 6.22. The average Bonchev–Trinajstić information content (AvgIpc) is 3.44. The van der Waals surface area contributed by atoms with Crippen molar-refractivity contribution in [3.63, 3.8) is 0 Å². The van der Waals surface area contributed by atoms with Crippen LogP contribution in [0.3, 0.4) is 0 Å². The molecule has 8 nitrogen and oxygen atoms in total. The van der Waals surface area contributed by atoms with Gasteiger partial charge in [0.1, 0.15) is 12.4 Å². The topological polar surface area (TPSA) is 108 Å². The zero-order valence-corrected chi connectivity index (χ0v) is 24.9. The Hall–Kier alpha value is -5.54. The third-order valence-corrected chi connectivity index (χ3v) is 8.51. The molecule has 0 radical (unpaired) electrons. The van der Waals surface area contributed by atoms with E-state index in [9.17, 15) is 19.7 Å². The maximum absolute atomic E-state index is 13.1. The Balaban J connectivity index is 1.06. The van der Waals surface area contributed by atoms with Crippen molar-refractivity contribution in [2.75, 3.05) is 13.2 Å². The number of nitrogens with one attached hydrogen (secondary N) is 1. The fourth-order valence-electron chi connectivity index (χ4n) is 5.08. The lowest BCUT2D eigenvalue weighted by Crippen LogP contribution is -2.30. The van der Waals surface area contributed by atoms with Crippen LogP contribution >= 0.6 is 11.3 Å². The third-order valence-electron chi connectivity index (χ3n) is 7.38. The minimum absolute atomic E-state index is 0.0596. The predicted octanol–water partition coefficient (Wildman–Crippen LogP) is 7.78. The lowest BCUT2D eigenvalue weighted by Gasteiger charge is -2.12. The van der Waals surface area contributed by atoms with Gasteiger partial charge in [-0.15, -0.1) is 11.3 Å². The van der Waals surface area contributed by atoms with E-state index in [0.29, 0.717) is 18.6 Å². The quantitative estimate of drug-likeness (QED) is 0.0855. The number of carbonyl (C=O) groups excluding carboxylic acids is 2. The number of hydrogen-bond acceptors (Lipinski definition) is 7. The van der Waals surface area contributed by atoms with E-state index in [1.54, 1.807) is 23.5 Å². The molecule has 1 heterocycles. The molecule has 224 valence electrons. The molecule has 6 rings (SSSR count). The standard InChI is InChI=1S/C36H28N2O6S/c39-32(26-14-17-33(31(20-26)38(41)42)44-23-24-8-2-1-3-9-24)22-37-36(40)28-11-5-4-10-25(28)18-19-43-27-15-16-30-29-12-6-7-13-34(29)45-35(30)21-27/h1-17,20-21H,18-19,22-23H2,(H,37,40). The van der Waals surface area contributed by atoms with Crippen molar-refractivity contribution in [2.45, 2.75) is 13.0 Å². The fraction of sp³-hybridized carbons (Fsp3) is 0.111. The van der Waals surface area contributed by atoms with Crippen LogP contribution in [0.1, 0.15) is 31.8 Å². The van der Waals surface area contributed by atoms with Gasteiger partial charge in [0.2, 0.25) is 0 Å².